The average molecular weight is 247 g/mol. The van der Waals surface area contributed by atoms with Crippen molar-refractivity contribution in [2.24, 2.45) is 5.92 Å². The van der Waals surface area contributed by atoms with Crippen molar-refractivity contribution in [1.82, 2.24) is 9.97 Å². The first-order valence-electron chi connectivity index (χ1n) is 6.72. The second-order valence-corrected chi connectivity index (χ2v) is 5.47. The number of carbonyl (C=O) groups is 1. The molecule has 98 valence electrons. The lowest BCUT2D eigenvalue weighted by molar-refractivity contribution is -0.120. The Kier molecular flexibility index (Phi) is 4.28. The van der Waals surface area contributed by atoms with Gasteiger partial charge in [-0.2, -0.15) is 0 Å². The summed E-state index contributed by atoms with van der Waals surface area (Å²) in [5.41, 5.74) is 1.18. The summed E-state index contributed by atoms with van der Waals surface area (Å²) < 4.78 is 0. The first-order chi connectivity index (χ1) is 8.63. The van der Waals surface area contributed by atoms with E-state index in [0.29, 0.717) is 36.5 Å². The van der Waals surface area contributed by atoms with E-state index in [-0.39, 0.29) is 0 Å². The zero-order valence-corrected chi connectivity index (χ0v) is 11.1. The molecule has 0 aliphatic heterocycles. The Morgan fingerprint density at radius 1 is 1.28 bits per heavy atom. The molecule has 0 amide bonds. The van der Waals surface area contributed by atoms with Crippen molar-refractivity contribution in [3.05, 3.63) is 18.0 Å². The van der Waals surface area contributed by atoms with Crippen molar-refractivity contribution in [2.45, 2.75) is 52.0 Å². The standard InChI is InChI=1S/C14H21N3O/c1-10(2)7-11-8-15-14(16-9-11)17-12-3-5-13(18)6-4-12/h8-10,12H,3-7H2,1-2H3,(H,15,16,17). The number of rotatable bonds is 4. The summed E-state index contributed by atoms with van der Waals surface area (Å²) in [5, 5.41) is 3.31. The van der Waals surface area contributed by atoms with E-state index < -0.39 is 0 Å². The molecule has 4 heteroatoms. The number of nitrogens with zero attached hydrogens (tertiary/aromatic N) is 2. The van der Waals surface area contributed by atoms with Gasteiger partial charge in [0.1, 0.15) is 5.78 Å². The van der Waals surface area contributed by atoms with Crippen LogP contribution in [0.5, 0.6) is 0 Å². The summed E-state index contributed by atoms with van der Waals surface area (Å²) in [5.74, 6) is 1.68. The van der Waals surface area contributed by atoms with Gasteiger partial charge in [0.25, 0.3) is 0 Å². The average Bonchev–Trinajstić information content (AvgIpc) is 2.34. The quantitative estimate of drug-likeness (QED) is 0.888. The molecule has 0 bridgehead atoms. The van der Waals surface area contributed by atoms with E-state index in [4.69, 9.17) is 0 Å². The van der Waals surface area contributed by atoms with Crippen LogP contribution in [0.1, 0.15) is 45.1 Å². The van der Waals surface area contributed by atoms with Crippen molar-refractivity contribution in [3.8, 4) is 0 Å². The number of hydrogen-bond acceptors (Lipinski definition) is 4. The van der Waals surface area contributed by atoms with Crippen LogP contribution in [0.15, 0.2) is 12.4 Å². The highest BCUT2D eigenvalue weighted by Crippen LogP contribution is 2.18. The minimum atomic E-state index is 0.346. The maximum Gasteiger partial charge on any atom is 0.222 e. The highest BCUT2D eigenvalue weighted by Gasteiger charge is 2.18. The highest BCUT2D eigenvalue weighted by molar-refractivity contribution is 5.79. The fourth-order valence-corrected chi connectivity index (χ4v) is 2.27. The van der Waals surface area contributed by atoms with Gasteiger partial charge < -0.3 is 5.32 Å². The summed E-state index contributed by atoms with van der Waals surface area (Å²) in [6, 6.07) is 0.346. The van der Waals surface area contributed by atoms with Gasteiger partial charge in [0.2, 0.25) is 5.95 Å². The van der Waals surface area contributed by atoms with Crippen molar-refractivity contribution in [3.63, 3.8) is 0 Å². The summed E-state index contributed by atoms with van der Waals surface area (Å²) in [4.78, 5) is 19.8. The van der Waals surface area contributed by atoms with E-state index >= 15 is 0 Å². The Bertz CT molecular complexity index is 390. The van der Waals surface area contributed by atoms with E-state index in [1.165, 1.54) is 5.56 Å². The first kappa shape index (κ1) is 13.0. The van der Waals surface area contributed by atoms with Crippen LogP contribution in [0, 0.1) is 5.92 Å². The number of nitrogens with one attached hydrogen (secondary N) is 1. The van der Waals surface area contributed by atoms with Gasteiger partial charge in [-0.05, 0) is 30.7 Å². The van der Waals surface area contributed by atoms with Gasteiger partial charge in [0.05, 0.1) is 0 Å². The molecule has 18 heavy (non-hydrogen) atoms. The Balaban J connectivity index is 1.88. The SMILES string of the molecule is CC(C)Cc1cnc(NC2CCC(=O)CC2)nc1. The zero-order valence-electron chi connectivity index (χ0n) is 11.1. The lowest BCUT2D eigenvalue weighted by atomic mass is 9.94. The molecule has 4 nitrogen and oxygen atoms in total. The molecule has 0 unspecified atom stereocenters. The van der Waals surface area contributed by atoms with E-state index in [1.807, 2.05) is 12.4 Å². The van der Waals surface area contributed by atoms with Crippen LogP contribution >= 0.6 is 0 Å². The molecule has 1 aromatic heterocycles. The van der Waals surface area contributed by atoms with Gasteiger partial charge in [0.15, 0.2) is 0 Å². The molecular weight excluding hydrogens is 226 g/mol. The molecule has 1 saturated carbocycles. The predicted octanol–water partition coefficient (Wildman–Crippen LogP) is 2.60. The molecule has 0 spiro atoms. The number of hydrogen-bond donors (Lipinski definition) is 1. The van der Waals surface area contributed by atoms with E-state index in [2.05, 4.69) is 29.1 Å². The van der Waals surface area contributed by atoms with Crippen molar-refractivity contribution >= 4 is 11.7 Å². The van der Waals surface area contributed by atoms with Crippen molar-refractivity contribution in [1.29, 1.82) is 0 Å². The summed E-state index contributed by atoms with van der Waals surface area (Å²) in [6.07, 6.45) is 7.96. The molecule has 0 atom stereocenters. The van der Waals surface area contributed by atoms with Crippen LogP contribution in [-0.2, 0) is 11.2 Å². The van der Waals surface area contributed by atoms with Crippen LogP contribution in [0.25, 0.3) is 0 Å². The molecule has 0 radical (unpaired) electrons. The predicted molar refractivity (Wildman–Crippen MR) is 71.5 cm³/mol. The molecule has 0 aromatic carbocycles. The minimum Gasteiger partial charge on any atom is -0.351 e. The van der Waals surface area contributed by atoms with Crippen LogP contribution in [-0.4, -0.2) is 21.8 Å². The summed E-state index contributed by atoms with van der Waals surface area (Å²) in [6.45, 7) is 4.37. The Hall–Kier alpha value is -1.45. The number of Topliss-reactive ketones (excluding diaryl/α,β-unsaturated/α-hetero) is 1. The molecule has 1 heterocycles. The second kappa shape index (κ2) is 5.94. The van der Waals surface area contributed by atoms with Gasteiger partial charge in [-0.25, -0.2) is 9.97 Å². The molecular formula is C14H21N3O. The number of carbonyl (C=O) groups excluding carboxylic acids is 1. The number of ketones is 1. The molecule has 2 rings (SSSR count). The number of aromatic nitrogens is 2. The molecule has 0 saturated heterocycles. The first-order valence-corrected chi connectivity index (χ1v) is 6.72. The smallest absolute Gasteiger partial charge is 0.222 e. The Morgan fingerprint density at radius 2 is 1.89 bits per heavy atom. The lowest BCUT2D eigenvalue weighted by Crippen LogP contribution is -2.26. The lowest BCUT2D eigenvalue weighted by Gasteiger charge is -2.22. The van der Waals surface area contributed by atoms with E-state index in [1.54, 1.807) is 0 Å². The zero-order chi connectivity index (χ0) is 13.0. The number of anilines is 1. The normalized spacial score (nSPS) is 17.2. The Morgan fingerprint density at radius 3 is 2.44 bits per heavy atom. The van der Waals surface area contributed by atoms with Crippen LogP contribution < -0.4 is 5.32 Å². The van der Waals surface area contributed by atoms with Crippen LogP contribution in [0.2, 0.25) is 0 Å². The molecule has 1 N–H and O–H groups in total. The molecule has 1 fully saturated rings. The van der Waals surface area contributed by atoms with Crippen molar-refractivity contribution in [2.75, 3.05) is 5.32 Å². The largest absolute Gasteiger partial charge is 0.351 e. The third-order valence-electron chi connectivity index (χ3n) is 3.23. The maximum absolute atomic E-state index is 11.1. The second-order valence-electron chi connectivity index (χ2n) is 5.47. The topological polar surface area (TPSA) is 54.9 Å². The van der Waals surface area contributed by atoms with Gasteiger partial charge >= 0.3 is 0 Å². The maximum atomic E-state index is 11.1. The molecule has 1 aromatic rings. The molecule has 1 aliphatic carbocycles. The van der Waals surface area contributed by atoms with Crippen LogP contribution in [0.4, 0.5) is 5.95 Å². The van der Waals surface area contributed by atoms with Gasteiger partial charge in [-0.1, -0.05) is 13.8 Å². The van der Waals surface area contributed by atoms with Crippen molar-refractivity contribution < 1.29 is 4.79 Å². The van der Waals surface area contributed by atoms with Gasteiger partial charge in [0, 0.05) is 31.3 Å². The Labute approximate surface area is 108 Å². The third kappa shape index (κ3) is 3.79. The fourth-order valence-electron chi connectivity index (χ4n) is 2.27. The van der Waals surface area contributed by atoms with Crippen LogP contribution in [0.3, 0.4) is 0 Å². The van der Waals surface area contributed by atoms with Gasteiger partial charge in [-0.3, -0.25) is 4.79 Å². The highest BCUT2D eigenvalue weighted by atomic mass is 16.1. The minimum absolute atomic E-state index is 0.346. The fraction of sp³-hybridized carbons (Fsp3) is 0.643. The van der Waals surface area contributed by atoms with E-state index in [9.17, 15) is 4.79 Å². The van der Waals surface area contributed by atoms with E-state index in [0.717, 1.165) is 19.3 Å². The van der Waals surface area contributed by atoms with Gasteiger partial charge in [-0.15, -0.1) is 0 Å². The molecule has 1 aliphatic rings. The third-order valence-corrected chi connectivity index (χ3v) is 3.23. The summed E-state index contributed by atoms with van der Waals surface area (Å²) >= 11 is 0. The monoisotopic (exact) mass is 247 g/mol. The summed E-state index contributed by atoms with van der Waals surface area (Å²) in [7, 11) is 0.